The van der Waals surface area contributed by atoms with Gasteiger partial charge in [-0.3, -0.25) is 4.90 Å². The van der Waals surface area contributed by atoms with Crippen molar-refractivity contribution in [2.75, 3.05) is 26.2 Å². The predicted octanol–water partition coefficient (Wildman–Crippen LogP) is 2.90. The molecule has 0 aliphatic carbocycles. The molecule has 0 unspecified atom stereocenters. The Labute approximate surface area is 198 Å². The Bertz CT molecular complexity index is 1240. The minimum Gasteiger partial charge on any atom is -0.395 e. The highest BCUT2D eigenvalue weighted by atomic mass is 32.2. The average molecular weight is 483 g/mol. The number of rotatable bonds is 5. The number of nitrogens with zero attached hydrogens (tertiary/aromatic N) is 4. The molecule has 9 heteroatoms. The van der Waals surface area contributed by atoms with Crippen molar-refractivity contribution in [3.63, 3.8) is 0 Å². The first-order valence-corrected chi connectivity index (χ1v) is 12.9. The first-order valence-electron chi connectivity index (χ1n) is 11.5. The van der Waals surface area contributed by atoms with Crippen LogP contribution >= 0.6 is 0 Å². The highest BCUT2D eigenvalue weighted by molar-refractivity contribution is 7.89. The summed E-state index contributed by atoms with van der Waals surface area (Å²) in [7, 11) is -3.97. The fourth-order valence-corrected chi connectivity index (χ4v) is 6.83. The van der Waals surface area contributed by atoms with Crippen molar-refractivity contribution < 1.29 is 17.9 Å². The van der Waals surface area contributed by atoms with E-state index in [0.29, 0.717) is 13.0 Å². The van der Waals surface area contributed by atoms with E-state index < -0.39 is 15.8 Å². The molecule has 2 saturated heterocycles. The van der Waals surface area contributed by atoms with Crippen molar-refractivity contribution in [1.82, 2.24) is 19.2 Å². The molecule has 1 N–H and O–H groups in total. The fraction of sp³-hybridized carbons (Fsp3) is 0.360. The van der Waals surface area contributed by atoms with Gasteiger partial charge in [0, 0.05) is 49.0 Å². The van der Waals surface area contributed by atoms with Gasteiger partial charge in [0.05, 0.1) is 6.61 Å². The second-order valence-electron chi connectivity index (χ2n) is 8.83. The van der Waals surface area contributed by atoms with Crippen molar-refractivity contribution in [2.24, 2.45) is 0 Å². The van der Waals surface area contributed by atoms with E-state index in [0.717, 1.165) is 29.7 Å². The van der Waals surface area contributed by atoms with Gasteiger partial charge in [-0.05, 0) is 42.6 Å². The Morgan fingerprint density at radius 2 is 1.68 bits per heavy atom. The average Bonchev–Trinajstić information content (AvgIpc) is 2.84. The van der Waals surface area contributed by atoms with Crippen LogP contribution in [-0.2, 0) is 10.0 Å². The van der Waals surface area contributed by atoms with Crippen molar-refractivity contribution in [1.29, 1.82) is 0 Å². The number of benzene rings is 2. The van der Waals surface area contributed by atoms with Gasteiger partial charge in [0.25, 0.3) is 0 Å². The molecule has 0 amide bonds. The summed E-state index contributed by atoms with van der Waals surface area (Å²) in [6.07, 6.45) is 6.50. The number of aromatic nitrogens is 2. The zero-order valence-electron chi connectivity index (χ0n) is 18.7. The molecule has 2 fully saturated rings. The molecule has 3 heterocycles. The van der Waals surface area contributed by atoms with Crippen LogP contribution in [0.3, 0.4) is 0 Å². The molecule has 3 aromatic rings. The van der Waals surface area contributed by atoms with E-state index >= 15 is 0 Å². The molecule has 178 valence electrons. The topological polar surface area (TPSA) is 86.6 Å². The largest absolute Gasteiger partial charge is 0.395 e. The smallest absolute Gasteiger partial charge is 0.246 e. The van der Waals surface area contributed by atoms with E-state index in [2.05, 4.69) is 14.9 Å². The van der Waals surface area contributed by atoms with Gasteiger partial charge in [-0.25, -0.2) is 22.8 Å². The SMILES string of the molecule is O=S(=O)(c1ccccc1F)N1CCCCN2[C@H](CO)[C@@H](c3ccc(-c4cncnc4)cc3)[C@H]2C1. The summed E-state index contributed by atoms with van der Waals surface area (Å²) in [5.74, 6) is -0.761. The molecule has 5 rings (SSSR count). The number of hydrogen-bond donors (Lipinski definition) is 1. The lowest BCUT2D eigenvalue weighted by molar-refractivity contribution is -0.0554. The van der Waals surface area contributed by atoms with Gasteiger partial charge in [-0.2, -0.15) is 4.31 Å². The van der Waals surface area contributed by atoms with Crippen molar-refractivity contribution >= 4 is 10.0 Å². The predicted molar refractivity (Wildman–Crippen MR) is 126 cm³/mol. The van der Waals surface area contributed by atoms with Gasteiger partial charge in [-0.15, -0.1) is 0 Å². The molecular weight excluding hydrogens is 455 g/mol. The highest BCUT2D eigenvalue weighted by Gasteiger charge is 2.50. The third-order valence-electron chi connectivity index (χ3n) is 6.98. The van der Waals surface area contributed by atoms with Crippen molar-refractivity contribution in [2.45, 2.75) is 35.7 Å². The van der Waals surface area contributed by atoms with E-state index in [1.165, 1.54) is 28.8 Å². The highest BCUT2D eigenvalue weighted by Crippen LogP contribution is 2.43. The summed E-state index contributed by atoms with van der Waals surface area (Å²) in [4.78, 5) is 10.0. The molecule has 0 spiro atoms. The lowest BCUT2D eigenvalue weighted by atomic mass is 9.74. The summed E-state index contributed by atoms with van der Waals surface area (Å²) in [6, 6.07) is 13.4. The van der Waals surface area contributed by atoms with Gasteiger partial charge in [-0.1, -0.05) is 36.4 Å². The van der Waals surface area contributed by atoms with E-state index in [1.807, 2.05) is 24.3 Å². The monoisotopic (exact) mass is 482 g/mol. The maximum atomic E-state index is 14.4. The van der Waals surface area contributed by atoms with Crippen LogP contribution in [0.25, 0.3) is 11.1 Å². The molecule has 0 radical (unpaired) electrons. The molecule has 0 bridgehead atoms. The molecule has 7 nitrogen and oxygen atoms in total. The Morgan fingerprint density at radius 1 is 0.971 bits per heavy atom. The fourth-order valence-electron chi connectivity index (χ4n) is 5.27. The normalized spacial score (nSPS) is 24.0. The first kappa shape index (κ1) is 23.0. The summed E-state index contributed by atoms with van der Waals surface area (Å²) < 4.78 is 42.5. The summed E-state index contributed by atoms with van der Waals surface area (Å²) in [5, 5.41) is 10.2. The molecule has 2 aliphatic rings. The van der Waals surface area contributed by atoms with Crippen LogP contribution in [0.5, 0.6) is 0 Å². The van der Waals surface area contributed by atoms with Crippen molar-refractivity contribution in [3.8, 4) is 11.1 Å². The molecule has 34 heavy (non-hydrogen) atoms. The van der Waals surface area contributed by atoms with Crippen LogP contribution in [0, 0.1) is 5.82 Å². The van der Waals surface area contributed by atoms with Crippen LogP contribution in [-0.4, -0.2) is 71.0 Å². The first-order chi connectivity index (χ1) is 16.5. The van der Waals surface area contributed by atoms with E-state index in [9.17, 15) is 17.9 Å². The molecule has 2 aliphatic heterocycles. The number of aliphatic hydroxyl groups is 1. The zero-order chi connectivity index (χ0) is 23.7. The number of sulfonamides is 1. The van der Waals surface area contributed by atoms with Crippen LogP contribution in [0.15, 0.2) is 72.1 Å². The maximum absolute atomic E-state index is 14.4. The van der Waals surface area contributed by atoms with Crippen LogP contribution in [0.1, 0.15) is 24.3 Å². The minimum absolute atomic E-state index is 0.00446. The summed E-state index contributed by atoms with van der Waals surface area (Å²) >= 11 is 0. The number of hydrogen-bond acceptors (Lipinski definition) is 6. The lowest BCUT2D eigenvalue weighted by Crippen LogP contribution is -2.67. The van der Waals surface area contributed by atoms with Gasteiger partial charge in [0.2, 0.25) is 10.0 Å². The van der Waals surface area contributed by atoms with Crippen LogP contribution < -0.4 is 0 Å². The van der Waals surface area contributed by atoms with E-state index in [-0.39, 0.29) is 36.0 Å². The summed E-state index contributed by atoms with van der Waals surface area (Å²) in [6.45, 7) is 1.41. The maximum Gasteiger partial charge on any atom is 0.246 e. The quantitative estimate of drug-likeness (QED) is 0.602. The van der Waals surface area contributed by atoms with Gasteiger partial charge in [0.15, 0.2) is 0 Å². The number of aliphatic hydroxyl groups excluding tert-OH is 1. The molecule has 2 aromatic carbocycles. The van der Waals surface area contributed by atoms with Gasteiger partial charge < -0.3 is 5.11 Å². The van der Waals surface area contributed by atoms with Crippen molar-refractivity contribution in [3.05, 3.63) is 78.6 Å². The summed E-state index contributed by atoms with van der Waals surface area (Å²) in [5.41, 5.74) is 2.95. The Kier molecular flexibility index (Phi) is 6.44. The standard InChI is InChI=1S/C25H27FN4O3S/c26-21-5-1-2-6-24(21)34(32,33)29-11-3-4-12-30-22(15-29)25(23(30)16-31)19-9-7-18(8-10-19)20-13-27-17-28-14-20/h1-2,5-10,13-14,17,22-23,25,31H,3-4,11-12,15-16H2/t22-,23-,25+/m1/s1. The van der Waals surface area contributed by atoms with Crippen LogP contribution in [0.2, 0.25) is 0 Å². The van der Waals surface area contributed by atoms with Gasteiger partial charge in [0.1, 0.15) is 17.0 Å². The van der Waals surface area contributed by atoms with Gasteiger partial charge >= 0.3 is 0 Å². The third-order valence-corrected chi connectivity index (χ3v) is 8.87. The second-order valence-corrected chi connectivity index (χ2v) is 10.7. The Balaban J connectivity index is 1.44. The lowest BCUT2D eigenvalue weighted by Gasteiger charge is -2.57. The molecule has 1 aromatic heterocycles. The van der Waals surface area contributed by atoms with E-state index in [4.69, 9.17) is 0 Å². The third kappa shape index (κ3) is 4.13. The minimum atomic E-state index is -3.97. The number of fused-ring (bicyclic) bond motifs is 1. The molecule has 0 saturated carbocycles. The number of halogens is 1. The second kappa shape index (κ2) is 9.50. The molecular formula is C25H27FN4O3S. The van der Waals surface area contributed by atoms with E-state index in [1.54, 1.807) is 18.5 Å². The Morgan fingerprint density at radius 3 is 2.38 bits per heavy atom. The zero-order valence-corrected chi connectivity index (χ0v) is 19.5. The van der Waals surface area contributed by atoms with Crippen LogP contribution in [0.4, 0.5) is 4.39 Å². The molecule has 3 atom stereocenters. The Hall–Kier alpha value is -2.72.